The Balaban J connectivity index is 2.62. The summed E-state index contributed by atoms with van der Waals surface area (Å²) in [5.74, 6) is -0.390. The van der Waals surface area contributed by atoms with Crippen molar-refractivity contribution in [3.05, 3.63) is 46.1 Å². The minimum atomic E-state index is -0.390. The molecule has 2 aromatic rings. The Labute approximate surface area is 102 Å². The van der Waals surface area contributed by atoms with Crippen LogP contribution in [-0.2, 0) is 0 Å². The molecule has 5 heteroatoms. The summed E-state index contributed by atoms with van der Waals surface area (Å²) in [4.78, 5) is 7.87. The Hall–Kier alpha value is -1.19. The van der Waals surface area contributed by atoms with Gasteiger partial charge in [-0.2, -0.15) is 0 Å². The van der Waals surface area contributed by atoms with Crippen molar-refractivity contribution in [2.24, 2.45) is 0 Å². The van der Waals surface area contributed by atoms with Crippen LogP contribution in [0.4, 0.5) is 4.39 Å². The lowest BCUT2D eigenvalue weighted by molar-refractivity contribution is 0.630. The molecule has 0 fully saturated rings. The molecule has 16 heavy (non-hydrogen) atoms. The van der Waals surface area contributed by atoms with E-state index in [9.17, 15) is 4.39 Å². The van der Waals surface area contributed by atoms with E-state index in [1.165, 1.54) is 18.2 Å². The summed E-state index contributed by atoms with van der Waals surface area (Å²) in [6, 6.07) is 5.94. The molecular weight excluding hydrogens is 250 g/mol. The molecule has 2 nitrogen and oxygen atoms in total. The third-order valence-corrected chi connectivity index (χ3v) is 2.44. The van der Waals surface area contributed by atoms with Gasteiger partial charge in [-0.1, -0.05) is 11.6 Å². The summed E-state index contributed by atoms with van der Waals surface area (Å²) in [5.41, 5.74) is 1.42. The average molecular weight is 257 g/mol. The van der Waals surface area contributed by atoms with Crippen LogP contribution >= 0.6 is 23.2 Å². The van der Waals surface area contributed by atoms with Gasteiger partial charge in [-0.3, -0.25) is 0 Å². The number of aryl methyl sites for hydroxylation is 1. The first-order valence-corrected chi connectivity index (χ1v) is 5.28. The standard InChI is InChI=1S/C11H7Cl2FN2/c1-6-4-10(16-11(13)15-6)8-5-7(12)2-3-9(8)14/h2-5H,1H3. The number of rotatable bonds is 1. The average Bonchev–Trinajstić information content (AvgIpc) is 2.20. The van der Waals surface area contributed by atoms with E-state index in [1.807, 2.05) is 0 Å². The van der Waals surface area contributed by atoms with E-state index >= 15 is 0 Å². The lowest BCUT2D eigenvalue weighted by atomic mass is 10.1. The van der Waals surface area contributed by atoms with Gasteiger partial charge in [0.2, 0.25) is 5.28 Å². The van der Waals surface area contributed by atoms with Crippen molar-refractivity contribution < 1.29 is 4.39 Å². The Morgan fingerprint density at radius 1 is 1.12 bits per heavy atom. The van der Waals surface area contributed by atoms with Gasteiger partial charge < -0.3 is 0 Å². The molecule has 0 N–H and O–H groups in total. The second kappa shape index (κ2) is 4.36. The summed E-state index contributed by atoms with van der Waals surface area (Å²) in [5, 5.41) is 0.540. The number of nitrogens with zero attached hydrogens (tertiary/aromatic N) is 2. The molecule has 0 radical (unpaired) electrons. The topological polar surface area (TPSA) is 25.8 Å². The van der Waals surface area contributed by atoms with Crippen LogP contribution in [0.15, 0.2) is 24.3 Å². The van der Waals surface area contributed by atoms with Crippen LogP contribution in [0.2, 0.25) is 10.3 Å². The first-order chi connectivity index (χ1) is 7.56. The highest BCUT2D eigenvalue weighted by Crippen LogP contribution is 2.25. The number of halogens is 3. The van der Waals surface area contributed by atoms with E-state index in [0.29, 0.717) is 22.0 Å². The van der Waals surface area contributed by atoms with Crippen LogP contribution in [-0.4, -0.2) is 9.97 Å². The molecule has 0 bridgehead atoms. The second-order valence-electron chi connectivity index (χ2n) is 3.29. The zero-order valence-corrected chi connectivity index (χ0v) is 9.85. The van der Waals surface area contributed by atoms with Gasteiger partial charge in [-0.15, -0.1) is 0 Å². The zero-order chi connectivity index (χ0) is 11.7. The first kappa shape index (κ1) is 11.3. The number of hydrogen-bond acceptors (Lipinski definition) is 2. The largest absolute Gasteiger partial charge is 0.223 e. The smallest absolute Gasteiger partial charge is 0.223 e. The maximum atomic E-state index is 13.6. The third-order valence-electron chi connectivity index (χ3n) is 2.03. The predicted molar refractivity (Wildman–Crippen MR) is 62.2 cm³/mol. The van der Waals surface area contributed by atoms with Gasteiger partial charge >= 0.3 is 0 Å². The maximum absolute atomic E-state index is 13.6. The minimum Gasteiger partial charge on any atom is -0.223 e. The van der Waals surface area contributed by atoms with Crippen molar-refractivity contribution in [3.63, 3.8) is 0 Å². The zero-order valence-electron chi connectivity index (χ0n) is 8.34. The highest BCUT2D eigenvalue weighted by Gasteiger charge is 2.09. The molecule has 0 aliphatic heterocycles. The molecule has 1 aromatic heterocycles. The van der Waals surface area contributed by atoms with Gasteiger partial charge in [0.15, 0.2) is 0 Å². The normalized spacial score (nSPS) is 10.5. The second-order valence-corrected chi connectivity index (χ2v) is 4.06. The summed E-state index contributed by atoms with van der Waals surface area (Å²) >= 11 is 11.5. The molecule has 0 atom stereocenters. The molecule has 1 aromatic carbocycles. The van der Waals surface area contributed by atoms with E-state index in [4.69, 9.17) is 23.2 Å². The van der Waals surface area contributed by atoms with Gasteiger partial charge in [0.1, 0.15) is 5.82 Å². The van der Waals surface area contributed by atoms with E-state index in [0.717, 1.165) is 0 Å². The summed E-state index contributed by atoms with van der Waals surface area (Å²) in [6.45, 7) is 1.76. The monoisotopic (exact) mass is 256 g/mol. The maximum Gasteiger partial charge on any atom is 0.223 e. The van der Waals surface area contributed by atoms with Crippen LogP contribution in [0, 0.1) is 12.7 Å². The lowest BCUT2D eigenvalue weighted by Crippen LogP contribution is -1.93. The molecule has 0 spiro atoms. The Morgan fingerprint density at radius 2 is 1.88 bits per heavy atom. The fourth-order valence-corrected chi connectivity index (χ4v) is 1.76. The van der Waals surface area contributed by atoms with Gasteiger partial charge in [-0.05, 0) is 42.8 Å². The molecule has 0 aliphatic carbocycles. The van der Waals surface area contributed by atoms with E-state index in [1.54, 1.807) is 13.0 Å². The SMILES string of the molecule is Cc1cc(-c2cc(Cl)ccc2F)nc(Cl)n1. The van der Waals surface area contributed by atoms with Gasteiger partial charge in [0.05, 0.1) is 5.69 Å². The molecule has 0 saturated heterocycles. The Bertz CT molecular complexity index is 523. The predicted octanol–water partition coefficient (Wildman–Crippen LogP) is 3.90. The van der Waals surface area contributed by atoms with Crippen LogP contribution in [0.5, 0.6) is 0 Å². The van der Waals surface area contributed by atoms with Crippen LogP contribution in [0.1, 0.15) is 5.69 Å². The molecule has 0 aliphatic rings. The molecule has 2 rings (SSSR count). The number of aromatic nitrogens is 2. The summed E-state index contributed by atoms with van der Waals surface area (Å²) in [7, 11) is 0. The third kappa shape index (κ3) is 2.31. The Morgan fingerprint density at radius 3 is 2.56 bits per heavy atom. The summed E-state index contributed by atoms with van der Waals surface area (Å²) in [6.07, 6.45) is 0. The van der Waals surface area contributed by atoms with Crippen LogP contribution < -0.4 is 0 Å². The molecular formula is C11H7Cl2FN2. The van der Waals surface area contributed by atoms with Crippen LogP contribution in [0.3, 0.4) is 0 Å². The van der Waals surface area contributed by atoms with Gasteiger partial charge in [-0.25, -0.2) is 14.4 Å². The highest BCUT2D eigenvalue weighted by atomic mass is 35.5. The number of benzene rings is 1. The van der Waals surface area contributed by atoms with Crippen molar-refractivity contribution in [1.82, 2.24) is 9.97 Å². The molecule has 82 valence electrons. The summed E-state index contributed by atoms with van der Waals surface area (Å²) < 4.78 is 13.6. The fraction of sp³-hybridized carbons (Fsp3) is 0.0909. The van der Waals surface area contributed by atoms with Crippen molar-refractivity contribution in [3.8, 4) is 11.3 Å². The molecule has 0 amide bonds. The van der Waals surface area contributed by atoms with Crippen molar-refractivity contribution >= 4 is 23.2 Å². The quantitative estimate of drug-likeness (QED) is 0.724. The van der Waals surface area contributed by atoms with Gasteiger partial charge in [0, 0.05) is 16.3 Å². The van der Waals surface area contributed by atoms with Gasteiger partial charge in [0.25, 0.3) is 0 Å². The lowest BCUT2D eigenvalue weighted by Gasteiger charge is -2.04. The highest BCUT2D eigenvalue weighted by molar-refractivity contribution is 6.30. The molecule has 0 unspecified atom stereocenters. The van der Waals surface area contributed by atoms with E-state index < -0.39 is 5.82 Å². The van der Waals surface area contributed by atoms with Crippen molar-refractivity contribution in [1.29, 1.82) is 0 Å². The Kier molecular flexibility index (Phi) is 3.08. The molecule has 0 saturated carbocycles. The van der Waals surface area contributed by atoms with Crippen molar-refractivity contribution in [2.75, 3.05) is 0 Å². The van der Waals surface area contributed by atoms with E-state index in [2.05, 4.69) is 9.97 Å². The number of hydrogen-bond donors (Lipinski definition) is 0. The minimum absolute atomic E-state index is 0.0920. The molecule has 1 heterocycles. The first-order valence-electron chi connectivity index (χ1n) is 4.53. The fourth-order valence-electron chi connectivity index (χ4n) is 1.36. The van der Waals surface area contributed by atoms with Crippen molar-refractivity contribution in [2.45, 2.75) is 6.92 Å². The van der Waals surface area contributed by atoms with E-state index in [-0.39, 0.29) is 5.28 Å². The van der Waals surface area contributed by atoms with Crippen LogP contribution in [0.25, 0.3) is 11.3 Å².